The maximum atomic E-state index is 13.1. The average Bonchev–Trinajstić information content (AvgIpc) is 3.04. The first-order valence-electron chi connectivity index (χ1n) is 13.2. The standard InChI is InChI=1S/C33H27O9/c34-27-26(21-38-30(35)22-13-5-1-6-14-22)40-33(39-25-19-11-4-12-20-25)29(42-32(37)24-17-9-3-10-18-24)28(27)41-31(36)23-15-7-2-8-16-23/h1-20,26,28-29,33-34H,21H2/t26-,28+,29-,33?/m1/s1. The number of carbonyl (C=O) groups excluding carboxylic acids is 3. The largest absolute Gasteiger partial charge is 0.461 e. The molecule has 0 saturated carbocycles. The van der Waals surface area contributed by atoms with Crippen molar-refractivity contribution in [1.29, 1.82) is 0 Å². The molecule has 9 nitrogen and oxygen atoms in total. The first kappa shape index (κ1) is 28.5. The fraction of sp³-hybridized carbons (Fsp3) is 0.152. The highest BCUT2D eigenvalue weighted by Gasteiger charge is 2.52. The number of hydrogen-bond donors (Lipinski definition) is 1. The first-order chi connectivity index (χ1) is 20.5. The van der Waals surface area contributed by atoms with Gasteiger partial charge in [0.05, 0.1) is 16.7 Å². The Morgan fingerprint density at radius 1 is 0.619 bits per heavy atom. The van der Waals surface area contributed by atoms with Crippen LogP contribution in [0.15, 0.2) is 121 Å². The highest BCUT2D eigenvalue weighted by atomic mass is 16.7. The molecule has 0 amide bonds. The van der Waals surface area contributed by atoms with Gasteiger partial charge in [0.25, 0.3) is 0 Å². The summed E-state index contributed by atoms with van der Waals surface area (Å²) in [6.07, 6.45) is -6.14. The van der Waals surface area contributed by atoms with E-state index in [9.17, 15) is 19.5 Å². The van der Waals surface area contributed by atoms with Gasteiger partial charge in [-0.15, -0.1) is 0 Å². The Kier molecular flexibility index (Phi) is 9.23. The van der Waals surface area contributed by atoms with Gasteiger partial charge in [-0.25, -0.2) is 14.4 Å². The molecule has 0 aliphatic carbocycles. The van der Waals surface area contributed by atoms with Crippen LogP contribution in [0.25, 0.3) is 0 Å². The SMILES string of the molecule is O=C(OC[C@H]1OC(Oc2ccccc2)[C@H](OC(=O)c2ccccc2)[C@@H](OC(=O)c2ccccc2)[C]1O)c1ccccc1. The third kappa shape index (κ3) is 7.01. The molecule has 1 fully saturated rings. The number of benzene rings is 4. The number of hydrogen-bond acceptors (Lipinski definition) is 9. The number of para-hydroxylation sites is 1. The molecule has 1 saturated heterocycles. The van der Waals surface area contributed by atoms with E-state index in [0.717, 1.165) is 0 Å². The lowest BCUT2D eigenvalue weighted by atomic mass is 9.98. The Balaban J connectivity index is 1.45. The van der Waals surface area contributed by atoms with Crippen molar-refractivity contribution >= 4 is 17.9 Å². The maximum Gasteiger partial charge on any atom is 0.338 e. The summed E-state index contributed by atoms with van der Waals surface area (Å²) in [5, 5.41) is 11.3. The molecule has 1 N–H and O–H groups in total. The van der Waals surface area contributed by atoms with E-state index in [2.05, 4.69) is 0 Å². The van der Waals surface area contributed by atoms with Gasteiger partial charge in [0, 0.05) is 0 Å². The van der Waals surface area contributed by atoms with E-state index >= 15 is 0 Å². The molecule has 4 atom stereocenters. The lowest BCUT2D eigenvalue weighted by Crippen LogP contribution is -2.59. The number of rotatable bonds is 9. The van der Waals surface area contributed by atoms with Crippen LogP contribution in [0.5, 0.6) is 5.75 Å². The molecule has 42 heavy (non-hydrogen) atoms. The molecule has 1 heterocycles. The Hall–Kier alpha value is -4.99. The van der Waals surface area contributed by atoms with Crippen LogP contribution in [0.4, 0.5) is 0 Å². The van der Waals surface area contributed by atoms with E-state index in [4.69, 9.17) is 23.7 Å². The minimum absolute atomic E-state index is 0.206. The number of aliphatic hydroxyl groups excluding tert-OH is 1. The van der Waals surface area contributed by atoms with E-state index in [1.165, 1.54) is 0 Å². The zero-order chi connectivity index (χ0) is 29.3. The second kappa shape index (κ2) is 13.6. The van der Waals surface area contributed by atoms with Gasteiger partial charge in [-0.2, -0.15) is 0 Å². The van der Waals surface area contributed by atoms with Crippen molar-refractivity contribution in [3.63, 3.8) is 0 Å². The van der Waals surface area contributed by atoms with Gasteiger partial charge in [0.1, 0.15) is 18.5 Å². The first-order valence-corrected chi connectivity index (χ1v) is 13.2. The second-order valence-corrected chi connectivity index (χ2v) is 9.24. The van der Waals surface area contributed by atoms with Crippen molar-refractivity contribution in [3.8, 4) is 5.75 Å². The zero-order valence-corrected chi connectivity index (χ0v) is 22.3. The van der Waals surface area contributed by atoms with Crippen molar-refractivity contribution < 1.29 is 43.2 Å². The number of ether oxygens (including phenoxy) is 5. The monoisotopic (exact) mass is 567 g/mol. The molecule has 4 aromatic rings. The lowest BCUT2D eigenvalue weighted by molar-refractivity contribution is -0.248. The van der Waals surface area contributed by atoms with E-state index in [-0.39, 0.29) is 11.1 Å². The fourth-order valence-corrected chi connectivity index (χ4v) is 4.23. The predicted molar refractivity (Wildman–Crippen MR) is 149 cm³/mol. The summed E-state index contributed by atoms with van der Waals surface area (Å²) >= 11 is 0. The molecular weight excluding hydrogens is 540 g/mol. The summed E-state index contributed by atoms with van der Waals surface area (Å²) in [5.41, 5.74) is 0.728. The smallest absolute Gasteiger partial charge is 0.338 e. The summed E-state index contributed by atoms with van der Waals surface area (Å²) in [4.78, 5) is 38.9. The van der Waals surface area contributed by atoms with E-state index < -0.39 is 55.2 Å². The minimum Gasteiger partial charge on any atom is -0.461 e. The summed E-state index contributed by atoms with van der Waals surface area (Å²) in [5.74, 6) is -1.83. The van der Waals surface area contributed by atoms with Crippen LogP contribution in [-0.4, -0.2) is 54.2 Å². The molecule has 0 bridgehead atoms. The Morgan fingerprint density at radius 2 is 1.07 bits per heavy atom. The highest BCUT2D eigenvalue weighted by Crippen LogP contribution is 2.33. The molecule has 0 aromatic heterocycles. The van der Waals surface area contributed by atoms with Gasteiger partial charge in [-0.3, -0.25) is 0 Å². The van der Waals surface area contributed by atoms with Crippen molar-refractivity contribution in [3.05, 3.63) is 144 Å². The van der Waals surface area contributed by atoms with Crippen molar-refractivity contribution in [2.45, 2.75) is 24.6 Å². The zero-order valence-electron chi connectivity index (χ0n) is 22.3. The molecule has 213 valence electrons. The van der Waals surface area contributed by atoms with Gasteiger partial charge in [-0.05, 0) is 48.5 Å². The van der Waals surface area contributed by atoms with Gasteiger partial charge < -0.3 is 28.8 Å². The Labute approximate surface area is 242 Å². The Morgan fingerprint density at radius 3 is 1.60 bits per heavy atom. The molecule has 1 aliphatic heterocycles. The summed E-state index contributed by atoms with van der Waals surface area (Å²) < 4.78 is 28.9. The van der Waals surface area contributed by atoms with Crippen LogP contribution in [0.3, 0.4) is 0 Å². The number of carbonyl (C=O) groups is 3. The van der Waals surface area contributed by atoms with E-state index in [0.29, 0.717) is 11.3 Å². The summed E-state index contributed by atoms with van der Waals surface area (Å²) in [7, 11) is 0. The van der Waals surface area contributed by atoms with Crippen LogP contribution in [0.2, 0.25) is 0 Å². The van der Waals surface area contributed by atoms with Crippen LogP contribution < -0.4 is 4.74 Å². The van der Waals surface area contributed by atoms with Crippen LogP contribution in [0, 0.1) is 6.10 Å². The molecule has 1 aliphatic rings. The molecule has 9 heteroatoms. The fourth-order valence-electron chi connectivity index (χ4n) is 4.23. The average molecular weight is 568 g/mol. The van der Waals surface area contributed by atoms with Crippen LogP contribution in [-0.2, 0) is 18.9 Å². The molecule has 4 aromatic carbocycles. The number of esters is 3. The van der Waals surface area contributed by atoms with Gasteiger partial charge in [-0.1, -0.05) is 72.8 Å². The van der Waals surface area contributed by atoms with Gasteiger partial charge in [0.2, 0.25) is 12.4 Å². The molecule has 5 rings (SSSR count). The van der Waals surface area contributed by atoms with Crippen molar-refractivity contribution in [1.82, 2.24) is 0 Å². The normalized spacial score (nSPS) is 20.2. The topological polar surface area (TPSA) is 118 Å². The second-order valence-electron chi connectivity index (χ2n) is 9.24. The van der Waals surface area contributed by atoms with Gasteiger partial charge in [0.15, 0.2) is 12.2 Å². The molecule has 0 spiro atoms. The maximum absolute atomic E-state index is 13.1. The van der Waals surface area contributed by atoms with E-state index in [1.54, 1.807) is 121 Å². The predicted octanol–water partition coefficient (Wildman–Crippen LogP) is 5.00. The third-order valence-corrected chi connectivity index (χ3v) is 6.35. The third-order valence-electron chi connectivity index (χ3n) is 6.35. The molecule has 1 radical (unpaired) electrons. The van der Waals surface area contributed by atoms with Gasteiger partial charge >= 0.3 is 17.9 Å². The molecule has 1 unspecified atom stereocenters. The summed E-state index contributed by atoms with van der Waals surface area (Å²) in [6, 6.07) is 33.2. The van der Waals surface area contributed by atoms with Crippen molar-refractivity contribution in [2.75, 3.05) is 6.61 Å². The highest BCUT2D eigenvalue weighted by molar-refractivity contribution is 5.91. The number of aliphatic hydroxyl groups is 1. The van der Waals surface area contributed by atoms with Crippen molar-refractivity contribution in [2.24, 2.45) is 0 Å². The van der Waals surface area contributed by atoms with Crippen LogP contribution in [0.1, 0.15) is 31.1 Å². The quantitative estimate of drug-likeness (QED) is 0.220. The lowest BCUT2D eigenvalue weighted by Gasteiger charge is -2.42. The molecular formula is C33H27O9. The minimum atomic E-state index is -1.53. The Bertz CT molecular complexity index is 1460. The summed E-state index contributed by atoms with van der Waals surface area (Å²) in [6.45, 7) is -0.438. The van der Waals surface area contributed by atoms with Crippen LogP contribution >= 0.6 is 0 Å². The van der Waals surface area contributed by atoms with E-state index in [1.807, 2.05) is 0 Å².